The number of ether oxygens (including phenoxy) is 1. The van der Waals surface area contributed by atoms with Crippen LogP contribution in [0.4, 0.5) is 5.69 Å². The molecular weight excluding hydrogens is 196 g/mol. The number of hydrogen-bond donors (Lipinski definition) is 1. The Bertz CT molecular complexity index is 353. The maximum Gasteiger partial charge on any atom is 0.310 e. The number of rotatable bonds is 5. The van der Waals surface area contributed by atoms with Crippen molar-refractivity contribution in [2.45, 2.75) is 19.9 Å². The normalized spacial score (nSPS) is 10.0. The first-order valence-electron chi connectivity index (χ1n) is 4.79. The summed E-state index contributed by atoms with van der Waals surface area (Å²) in [5, 5.41) is 10.7. The number of hydrogen-bond acceptors (Lipinski definition) is 4. The molecule has 0 unspecified atom stereocenters. The van der Waals surface area contributed by atoms with E-state index >= 15 is 0 Å². The molecule has 0 aliphatic rings. The minimum absolute atomic E-state index is 0.0133. The van der Waals surface area contributed by atoms with Crippen molar-refractivity contribution in [2.75, 3.05) is 6.61 Å². The van der Waals surface area contributed by atoms with Gasteiger partial charge in [-0.1, -0.05) is 13.0 Å². The van der Waals surface area contributed by atoms with E-state index in [0.29, 0.717) is 18.9 Å². The molecule has 0 spiro atoms. The third kappa shape index (κ3) is 2.92. The van der Waals surface area contributed by atoms with Gasteiger partial charge in [0, 0.05) is 12.6 Å². The van der Waals surface area contributed by atoms with Crippen LogP contribution in [-0.4, -0.2) is 11.5 Å². The molecular formula is C10H14N2O3. The molecule has 0 saturated heterocycles. The molecule has 0 bridgehead atoms. The van der Waals surface area contributed by atoms with Crippen molar-refractivity contribution in [1.82, 2.24) is 0 Å². The largest absolute Gasteiger partial charge is 0.487 e. The second kappa shape index (κ2) is 5.31. The van der Waals surface area contributed by atoms with Crippen molar-refractivity contribution in [1.29, 1.82) is 0 Å². The van der Waals surface area contributed by atoms with E-state index in [0.717, 1.165) is 12.0 Å². The van der Waals surface area contributed by atoms with Gasteiger partial charge in [-0.15, -0.1) is 0 Å². The van der Waals surface area contributed by atoms with Gasteiger partial charge in [-0.3, -0.25) is 10.1 Å². The summed E-state index contributed by atoms with van der Waals surface area (Å²) in [6.07, 6.45) is 0.810. The van der Waals surface area contributed by atoms with E-state index < -0.39 is 4.92 Å². The van der Waals surface area contributed by atoms with E-state index in [2.05, 4.69) is 0 Å². The average molecular weight is 210 g/mol. The molecule has 5 nitrogen and oxygen atoms in total. The monoisotopic (exact) mass is 210 g/mol. The van der Waals surface area contributed by atoms with Crippen LogP contribution in [-0.2, 0) is 6.54 Å². The van der Waals surface area contributed by atoms with Crippen LogP contribution in [0.2, 0.25) is 0 Å². The highest BCUT2D eigenvalue weighted by molar-refractivity contribution is 5.48. The topological polar surface area (TPSA) is 78.4 Å². The Labute approximate surface area is 88.0 Å². The van der Waals surface area contributed by atoms with Gasteiger partial charge in [-0.2, -0.15) is 0 Å². The van der Waals surface area contributed by atoms with Crippen LogP contribution in [0.5, 0.6) is 5.75 Å². The molecule has 0 heterocycles. The molecule has 0 aliphatic heterocycles. The Morgan fingerprint density at radius 2 is 2.27 bits per heavy atom. The summed E-state index contributed by atoms with van der Waals surface area (Å²) >= 11 is 0. The highest BCUT2D eigenvalue weighted by atomic mass is 16.6. The highest BCUT2D eigenvalue weighted by Gasteiger charge is 2.14. The molecule has 0 radical (unpaired) electrons. The summed E-state index contributed by atoms with van der Waals surface area (Å²) in [7, 11) is 0. The van der Waals surface area contributed by atoms with Gasteiger partial charge >= 0.3 is 5.69 Å². The average Bonchev–Trinajstić information content (AvgIpc) is 2.25. The molecule has 82 valence electrons. The minimum atomic E-state index is -0.453. The van der Waals surface area contributed by atoms with Crippen LogP contribution >= 0.6 is 0 Å². The predicted molar refractivity (Wildman–Crippen MR) is 56.8 cm³/mol. The van der Waals surface area contributed by atoms with Crippen molar-refractivity contribution in [3.8, 4) is 5.75 Å². The molecule has 0 atom stereocenters. The van der Waals surface area contributed by atoms with Crippen LogP contribution in [0.15, 0.2) is 18.2 Å². The maximum absolute atomic E-state index is 10.7. The summed E-state index contributed by atoms with van der Waals surface area (Å²) in [5.74, 6) is 0.296. The molecule has 0 aliphatic carbocycles. The highest BCUT2D eigenvalue weighted by Crippen LogP contribution is 2.27. The Kier molecular flexibility index (Phi) is 4.05. The molecule has 1 aromatic rings. The van der Waals surface area contributed by atoms with E-state index in [1.807, 2.05) is 6.92 Å². The first-order chi connectivity index (χ1) is 7.19. The Hall–Kier alpha value is -1.62. The molecule has 2 N–H and O–H groups in total. The van der Waals surface area contributed by atoms with Gasteiger partial charge in [0.2, 0.25) is 0 Å². The van der Waals surface area contributed by atoms with Gasteiger partial charge in [0.1, 0.15) is 0 Å². The summed E-state index contributed by atoms with van der Waals surface area (Å²) in [6.45, 7) is 2.76. The van der Waals surface area contributed by atoms with Crippen LogP contribution in [0, 0.1) is 10.1 Å². The van der Waals surface area contributed by atoms with E-state index in [-0.39, 0.29) is 5.69 Å². The SMILES string of the molecule is CCCOc1cc(CN)ccc1[N+](=O)[O-]. The zero-order valence-electron chi connectivity index (χ0n) is 8.60. The summed E-state index contributed by atoms with van der Waals surface area (Å²) in [5.41, 5.74) is 6.26. The number of nitro groups is 1. The fourth-order valence-corrected chi connectivity index (χ4v) is 1.16. The van der Waals surface area contributed by atoms with Gasteiger partial charge in [0.25, 0.3) is 0 Å². The fourth-order valence-electron chi connectivity index (χ4n) is 1.16. The quantitative estimate of drug-likeness (QED) is 0.594. The second-order valence-corrected chi connectivity index (χ2v) is 3.11. The Morgan fingerprint density at radius 3 is 2.80 bits per heavy atom. The van der Waals surface area contributed by atoms with E-state index in [9.17, 15) is 10.1 Å². The smallest absolute Gasteiger partial charge is 0.310 e. The second-order valence-electron chi connectivity index (χ2n) is 3.11. The lowest BCUT2D eigenvalue weighted by molar-refractivity contribution is -0.385. The number of nitrogens with two attached hydrogens (primary N) is 1. The van der Waals surface area contributed by atoms with Crippen molar-refractivity contribution >= 4 is 5.69 Å². The van der Waals surface area contributed by atoms with Gasteiger partial charge in [-0.25, -0.2) is 0 Å². The van der Waals surface area contributed by atoms with Crippen LogP contribution < -0.4 is 10.5 Å². The van der Waals surface area contributed by atoms with Crippen molar-refractivity contribution in [3.63, 3.8) is 0 Å². The zero-order valence-corrected chi connectivity index (χ0v) is 8.60. The number of nitro benzene ring substituents is 1. The molecule has 15 heavy (non-hydrogen) atoms. The third-order valence-electron chi connectivity index (χ3n) is 1.92. The predicted octanol–water partition coefficient (Wildman–Crippen LogP) is 1.84. The number of nitrogens with zero attached hydrogens (tertiary/aromatic N) is 1. The molecule has 5 heteroatoms. The van der Waals surface area contributed by atoms with Crippen LogP contribution in [0.1, 0.15) is 18.9 Å². The summed E-state index contributed by atoms with van der Waals surface area (Å²) < 4.78 is 5.29. The first-order valence-corrected chi connectivity index (χ1v) is 4.79. The van der Waals surface area contributed by atoms with Crippen LogP contribution in [0.3, 0.4) is 0 Å². The molecule has 0 amide bonds. The molecule has 0 aromatic heterocycles. The van der Waals surface area contributed by atoms with Gasteiger partial charge in [0.15, 0.2) is 5.75 Å². The molecule has 1 rings (SSSR count). The lowest BCUT2D eigenvalue weighted by Gasteiger charge is -2.06. The lowest BCUT2D eigenvalue weighted by atomic mass is 10.2. The summed E-state index contributed by atoms with van der Waals surface area (Å²) in [6, 6.07) is 4.68. The van der Waals surface area contributed by atoms with Crippen molar-refractivity contribution in [3.05, 3.63) is 33.9 Å². The van der Waals surface area contributed by atoms with Crippen molar-refractivity contribution < 1.29 is 9.66 Å². The van der Waals surface area contributed by atoms with Crippen LogP contribution in [0.25, 0.3) is 0 Å². The van der Waals surface area contributed by atoms with Gasteiger partial charge in [0.05, 0.1) is 11.5 Å². The van der Waals surface area contributed by atoms with Crippen molar-refractivity contribution in [2.24, 2.45) is 5.73 Å². The maximum atomic E-state index is 10.7. The number of benzene rings is 1. The third-order valence-corrected chi connectivity index (χ3v) is 1.92. The fraction of sp³-hybridized carbons (Fsp3) is 0.400. The van der Waals surface area contributed by atoms with Gasteiger partial charge in [-0.05, 0) is 18.1 Å². The molecule has 0 fully saturated rings. The Morgan fingerprint density at radius 1 is 1.53 bits per heavy atom. The van der Waals surface area contributed by atoms with E-state index in [1.54, 1.807) is 12.1 Å². The Balaban J connectivity index is 2.99. The lowest BCUT2D eigenvalue weighted by Crippen LogP contribution is -2.02. The first kappa shape index (κ1) is 11.5. The molecule has 1 aromatic carbocycles. The minimum Gasteiger partial charge on any atom is -0.487 e. The summed E-state index contributed by atoms with van der Waals surface area (Å²) in [4.78, 5) is 10.2. The van der Waals surface area contributed by atoms with Gasteiger partial charge < -0.3 is 10.5 Å². The van der Waals surface area contributed by atoms with E-state index in [4.69, 9.17) is 10.5 Å². The molecule has 0 saturated carbocycles. The zero-order chi connectivity index (χ0) is 11.3. The van der Waals surface area contributed by atoms with E-state index in [1.165, 1.54) is 6.07 Å². The standard InChI is InChI=1S/C10H14N2O3/c1-2-5-15-10-6-8(7-11)3-4-9(10)12(13)14/h3-4,6H,2,5,7,11H2,1H3.